The minimum absolute atomic E-state index is 0.0946. The lowest BCUT2D eigenvalue weighted by atomic mass is 10.2. The van der Waals surface area contributed by atoms with E-state index in [0.29, 0.717) is 0 Å². The number of thiophene rings is 1. The Labute approximate surface area is 166 Å². The van der Waals surface area contributed by atoms with Gasteiger partial charge in [0.2, 0.25) is 14.9 Å². The molecule has 1 aliphatic heterocycles. The number of benzene rings is 1. The lowest BCUT2D eigenvalue weighted by molar-refractivity contribution is 0.592. The molecule has 144 valence electrons. The van der Waals surface area contributed by atoms with Gasteiger partial charge in [0.1, 0.15) is 0 Å². The molecule has 9 heteroatoms. The van der Waals surface area contributed by atoms with E-state index in [9.17, 15) is 8.42 Å². The molecule has 4 aromatic rings. The molecular weight excluding hydrogens is 394 g/mol. The molecule has 4 heterocycles. The van der Waals surface area contributed by atoms with Gasteiger partial charge in [-0.05, 0) is 36.4 Å². The van der Waals surface area contributed by atoms with Gasteiger partial charge in [0, 0.05) is 13.1 Å². The van der Waals surface area contributed by atoms with E-state index in [1.807, 2.05) is 11.4 Å². The van der Waals surface area contributed by atoms with Gasteiger partial charge in [0.25, 0.3) is 0 Å². The summed E-state index contributed by atoms with van der Waals surface area (Å²) in [6.45, 7) is 1.86. The molecule has 0 unspecified atom stereocenters. The van der Waals surface area contributed by atoms with Crippen LogP contribution in [0, 0.1) is 0 Å². The smallest absolute Gasteiger partial charge is 0.229 e. The third-order valence-electron chi connectivity index (χ3n) is 5.12. The van der Waals surface area contributed by atoms with Crippen molar-refractivity contribution in [3.63, 3.8) is 0 Å². The molecular formula is C19H19N5O2S2. The number of sulfone groups is 1. The third-order valence-corrected chi connectivity index (χ3v) is 7.68. The standard InChI is InChI=1S/C19H19N5O2S2/c25-28(26,14-8-4-3-5-9-14)19-18-20-17(23-11-6-1-2-7-12-23)16-15(10-13-27-16)24(18)22-21-19/h3-5,8-10,13H,1-2,6-7,11-12H2. The summed E-state index contributed by atoms with van der Waals surface area (Å²) in [5, 5.41) is 10.0. The van der Waals surface area contributed by atoms with Crippen LogP contribution in [-0.2, 0) is 9.84 Å². The number of hydrogen-bond donors (Lipinski definition) is 0. The van der Waals surface area contributed by atoms with Gasteiger partial charge in [-0.2, -0.15) is 4.52 Å². The SMILES string of the molecule is O=S(=O)(c1ccccc1)c1nnn2c1nc(N1CCCCCC1)c1sccc12. The summed E-state index contributed by atoms with van der Waals surface area (Å²) < 4.78 is 28.9. The molecule has 28 heavy (non-hydrogen) atoms. The maximum absolute atomic E-state index is 13.2. The first-order valence-corrected chi connectivity index (χ1v) is 11.7. The van der Waals surface area contributed by atoms with E-state index >= 15 is 0 Å². The highest BCUT2D eigenvalue weighted by molar-refractivity contribution is 7.91. The highest BCUT2D eigenvalue weighted by atomic mass is 32.2. The van der Waals surface area contributed by atoms with Crippen molar-refractivity contribution >= 4 is 42.9 Å². The Morgan fingerprint density at radius 3 is 2.46 bits per heavy atom. The van der Waals surface area contributed by atoms with E-state index in [1.54, 1.807) is 46.2 Å². The van der Waals surface area contributed by atoms with Gasteiger partial charge in [0.05, 0.1) is 15.1 Å². The van der Waals surface area contributed by atoms with Crippen LogP contribution in [0.25, 0.3) is 15.9 Å². The van der Waals surface area contributed by atoms with Crippen LogP contribution in [-0.4, -0.2) is 41.3 Å². The van der Waals surface area contributed by atoms with E-state index < -0.39 is 9.84 Å². The average Bonchev–Trinajstić information content (AvgIpc) is 3.28. The van der Waals surface area contributed by atoms with E-state index in [2.05, 4.69) is 15.2 Å². The molecule has 0 aliphatic carbocycles. The Hall–Kier alpha value is -2.52. The minimum atomic E-state index is -3.80. The maximum Gasteiger partial charge on any atom is 0.229 e. The number of aromatic nitrogens is 4. The minimum Gasteiger partial charge on any atom is -0.355 e. The van der Waals surface area contributed by atoms with Crippen molar-refractivity contribution in [2.24, 2.45) is 0 Å². The zero-order chi connectivity index (χ0) is 19.1. The van der Waals surface area contributed by atoms with Gasteiger partial charge in [-0.25, -0.2) is 13.4 Å². The van der Waals surface area contributed by atoms with Gasteiger partial charge in [0.15, 0.2) is 11.5 Å². The summed E-state index contributed by atoms with van der Waals surface area (Å²) in [7, 11) is -3.80. The molecule has 0 saturated carbocycles. The van der Waals surface area contributed by atoms with Gasteiger partial charge >= 0.3 is 0 Å². The van der Waals surface area contributed by atoms with Crippen LogP contribution in [0.5, 0.6) is 0 Å². The number of hydrogen-bond acceptors (Lipinski definition) is 7. The van der Waals surface area contributed by atoms with Crippen molar-refractivity contribution in [3.8, 4) is 0 Å². The summed E-state index contributed by atoms with van der Waals surface area (Å²) in [6.07, 6.45) is 4.67. The van der Waals surface area contributed by atoms with Crippen molar-refractivity contribution in [2.75, 3.05) is 18.0 Å². The first-order valence-electron chi connectivity index (χ1n) is 9.34. The monoisotopic (exact) mass is 413 g/mol. The lowest BCUT2D eigenvalue weighted by Crippen LogP contribution is -2.25. The first-order chi connectivity index (χ1) is 13.7. The largest absolute Gasteiger partial charge is 0.355 e. The Balaban J connectivity index is 1.74. The summed E-state index contributed by atoms with van der Waals surface area (Å²) in [4.78, 5) is 7.26. The molecule has 0 amide bonds. The number of rotatable bonds is 3. The van der Waals surface area contributed by atoms with E-state index in [4.69, 9.17) is 4.98 Å². The second-order valence-electron chi connectivity index (χ2n) is 6.92. The second kappa shape index (κ2) is 6.82. The molecule has 5 rings (SSSR count). The van der Waals surface area contributed by atoms with Crippen LogP contribution < -0.4 is 4.90 Å². The first kappa shape index (κ1) is 17.6. The van der Waals surface area contributed by atoms with E-state index in [-0.39, 0.29) is 15.6 Å². The van der Waals surface area contributed by atoms with Crippen molar-refractivity contribution < 1.29 is 8.42 Å². The second-order valence-corrected chi connectivity index (χ2v) is 9.70. The fraction of sp³-hybridized carbons (Fsp3) is 0.316. The molecule has 3 aromatic heterocycles. The molecule has 0 radical (unpaired) electrons. The van der Waals surface area contributed by atoms with Crippen LogP contribution >= 0.6 is 11.3 Å². The number of fused-ring (bicyclic) bond motifs is 3. The number of anilines is 1. The highest BCUT2D eigenvalue weighted by Crippen LogP contribution is 2.33. The van der Waals surface area contributed by atoms with Gasteiger partial charge < -0.3 is 4.90 Å². The molecule has 1 fully saturated rings. The molecule has 1 saturated heterocycles. The normalized spacial score (nSPS) is 15.9. The van der Waals surface area contributed by atoms with Gasteiger partial charge in [-0.15, -0.1) is 16.4 Å². The van der Waals surface area contributed by atoms with Crippen LogP contribution in [0.4, 0.5) is 5.82 Å². The Kier molecular flexibility index (Phi) is 4.28. The quantitative estimate of drug-likeness (QED) is 0.511. The molecule has 7 nitrogen and oxygen atoms in total. The van der Waals surface area contributed by atoms with E-state index in [1.165, 1.54) is 12.8 Å². The topological polar surface area (TPSA) is 80.5 Å². The van der Waals surface area contributed by atoms with Crippen molar-refractivity contribution in [3.05, 3.63) is 41.8 Å². The third kappa shape index (κ3) is 2.77. The Morgan fingerprint density at radius 2 is 1.71 bits per heavy atom. The summed E-state index contributed by atoms with van der Waals surface area (Å²) in [5.41, 5.74) is 1.13. The fourth-order valence-electron chi connectivity index (χ4n) is 3.69. The molecule has 1 aliphatic rings. The van der Waals surface area contributed by atoms with Crippen LogP contribution in [0.15, 0.2) is 51.7 Å². The molecule has 1 aromatic carbocycles. The molecule has 0 atom stereocenters. The fourth-order valence-corrected chi connectivity index (χ4v) is 5.83. The van der Waals surface area contributed by atoms with Crippen LogP contribution in [0.3, 0.4) is 0 Å². The van der Waals surface area contributed by atoms with Crippen molar-refractivity contribution in [2.45, 2.75) is 35.6 Å². The maximum atomic E-state index is 13.2. The Morgan fingerprint density at radius 1 is 0.964 bits per heavy atom. The highest BCUT2D eigenvalue weighted by Gasteiger charge is 2.28. The lowest BCUT2D eigenvalue weighted by Gasteiger charge is -2.22. The predicted molar refractivity (Wildman–Crippen MR) is 109 cm³/mol. The predicted octanol–water partition coefficient (Wildman–Crippen LogP) is 3.55. The van der Waals surface area contributed by atoms with Gasteiger partial charge in [-0.1, -0.05) is 36.3 Å². The summed E-state index contributed by atoms with van der Waals surface area (Å²) >= 11 is 1.60. The average molecular weight is 414 g/mol. The number of nitrogens with zero attached hydrogens (tertiary/aromatic N) is 5. The summed E-state index contributed by atoms with van der Waals surface area (Å²) in [6, 6.07) is 10.3. The van der Waals surface area contributed by atoms with E-state index in [0.717, 1.165) is 42.0 Å². The zero-order valence-corrected chi connectivity index (χ0v) is 16.8. The van der Waals surface area contributed by atoms with Crippen molar-refractivity contribution in [1.82, 2.24) is 19.8 Å². The van der Waals surface area contributed by atoms with Crippen LogP contribution in [0.1, 0.15) is 25.7 Å². The zero-order valence-electron chi connectivity index (χ0n) is 15.2. The van der Waals surface area contributed by atoms with Gasteiger partial charge in [-0.3, -0.25) is 0 Å². The Bertz CT molecular complexity index is 1240. The summed E-state index contributed by atoms with van der Waals surface area (Å²) in [5.74, 6) is 0.839. The van der Waals surface area contributed by atoms with Crippen LogP contribution in [0.2, 0.25) is 0 Å². The molecule has 0 bridgehead atoms. The molecule has 0 spiro atoms. The molecule has 0 N–H and O–H groups in total. The van der Waals surface area contributed by atoms with Crippen molar-refractivity contribution in [1.29, 1.82) is 0 Å².